The molecule has 0 saturated heterocycles. The van der Waals surface area contributed by atoms with Crippen LogP contribution in [0.2, 0.25) is 0 Å². The van der Waals surface area contributed by atoms with Gasteiger partial charge >= 0.3 is 0 Å². The SMILES string of the molecule is Cc1nc(-c2ccc([N+](=O)[O-])cc2)nc2c1CCNC2. The molecule has 20 heavy (non-hydrogen) atoms. The number of nitrogens with one attached hydrogen (secondary N) is 1. The molecule has 0 atom stereocenters. The van der Waals surface area contributed by atoms with Crippen molar-refractivity contribution in [2.45, 2.75) is 19.9 Å². The standard InChI is InChI=1S/C14H14N4O2/c1-9-12-6-7-15-8-13(12)17-14(16-9)10-2-4-11(5-3-10)18(19)20/h2-5,15H,6-8H2,1H3. The molecule has 0 radical (unpaired) electrons. The summed E-state index contributed by atoms with van der Waals surface area (Å²) < 4.78 is 0. The summed E-state index contributed by atoms with van der Waals surface area (Å²) in [7, 11) is 0. The van der Waals surface area contributed by atoms with Gasteiger partial charge in [-0.15, -0.1) is 0 Å². The number of non-ortho nitro benzene ring substituents is 1. The number of nitrogens with zero attached hydrogens (tertiary/aromatic N) is 3. The van der Waals surface area contributed by atoms with Crippen LogP contribution in [0.5, 0.6) is 0 Å². The van der Waals surface area contributed by atoms with Gasteiger partial charge in [-0.3, -0.25) is 10.1 Å². The largest absolute Gasteiger partial charge is 0.311 e. The summed E-state index contributed by atoms with van der Waals surface area (Å²) in [4.78, 5) is 19.3. The number of benzene rings is 1. The van der Waals surface area contributed by atoms with E-state index in [1.54, 1.807) is 12.1 Å². The van der Waals surface area contributed by atoms with Crippen LogP contribution in [0, 0.1) is 17.0 Å². The lowest BCUT2D eigenvalue weighted by Gasteiger charge is -2.18. The third-order valence-electron chi connectivity index (χ3n) is 3.48. The highest BCUT2D eigenvalue weighted by atomic mass is 16.6. The van der Waals surface area contributed by atoms with Crippen molar-refractivity contribution in [1.82, 2.24) is 15.3 Å². The van der Waals surface area contributed by atoms with Crippen molar-refractivity contribution in [1.29, 1.82) is 0 Å². The lowest BCUT2D eigenvalue weighted by molar-refractivity contribution is -0.384. The molecule has 0 amide bonds. The molecule has 1 aromatic carbocycles. The minimum atomic E-state index is -0.410. The first-order valence-corrected chi connectivity index (χ1v) is 6.47. The fourth-order valence-electron chi connectivity index (χ4n) is 2.41. The van der Waals surface area contributed by atoms with Gasteiger partial charge < -0.3 is 5.32 Å². The third kappa shape index (κ3) is 2.25. The van der Waals surface area contributed by atoms with Gasteiger partial charge in [-0.05, 0) is 37.6 Å². The fourth-order valence-corrected chi connectivity index (χ4v) is 2.41. The third-order valence-corrected chi connectivity index (χ3v) is 3.48. The maximum absolute atomic E-state index is 10.7. The second-order valence-corrected chi connectivity index (χ2v) is 4.79. The molecule has 1 aliphatic heterocycles. The van der Waals surface area contributed by atoms with E-state index in [0.29, 0.717) is 5.82 Å². The zero-order valence-electron chi connectivity index (χ0n) is 11.1. The van der Waals surface area contributed by atoms with Gasteiger partial charge in [-0.1, -0.05) is 0 Å². The van der Waals surface area contributed by atoms with E-state index in [4.69, 9.17) is 0 Å². The fraction of sp³-hybridized carbons (Fsp3) is 0.286. The molecule has 2 heterocycles. The van der Waals surface area contributed by atoms with Crippen LogP contribution < -0.4 is 5.32 Å². The Morgan fingerprint density at radius 3 is 2.70 bits per heavy atom. The monoisotopic (exact) mass is 270 g/mol. The van der Waals surface area contributed by atoms with Crippen LogP contribution in [0.25, 0.3) is 11.4 Å². The van der Waals surface area contributed by atoms with Crippen LogP contribution in [-0.2, 0) is 13.0 Å². The number of aromatic nitrogens is 2. The van der Waals surface area contributed by atoms with E-state index in [2.05, 4.69) is 15.3 Å². The second-order valence-electron chi connectivity index (χ2n) is 4.79. The Bertz CT molecular complexity index is 668. The molecule has 0 bridgehead atoms. The van der Waals surface area contributed by atoms with Crippen molar-refractivity contribution in [3.8, 4) is 11.4 Å². The van der Waals surface area contributed by atoms with Gasteiger partial charge in [0.25, 0.3) is 5.69 Å². The van der Waals surface area contributed by atoms with Gasteiger partial charge in [0.15, 0.2) is 5.82 Å². The Balaban J connectivity index is 2.01. The Morgan fingerprint density at radius 1 is 1.25 bits per heavy atom. The Kier molecular flexibility index (Phi) is 3.15. The smallest absolute Gasteiger partial charge is 0.269 e. The summed E-state index contributed by atoms with van der Waals surface area (Å²) in [5, 5.41) is 14.0. The lowest BCUT2D eigenvalue weighted by atomic mass is 10.0. The molecule has 2 aromatic rings. The van der Waals surface area contributed by atoms with Gasteiger partial charge in [0.1, 0.15) is 0 Å². The molecule has 0 saturated carbocycles. The van der Waals surface area contributed by atoms with E-state index in [9.17, 15) is 10.1 Å². The summed E-state index contributed by atoms with van der Waals surface area (Å²) in [6.45, 7) is 3.69. The summed E-state index contributed by atoms with van der Waals surface area (Å²) in [6, 6.07) is 6.34. The molecule has 0 aliphatic carbocycles. The summed E-state index contributed by atoms with van der Waals surface area (Å²) >= 11 is 0. The Morgan fingerprint density at radius 2 is 2.00 bits per heavy atom. The molecular weight excluding hydrogens is 256 g/mol. The van der Waals surface area contributed by atoms with Crippen molar-refractivity contribution < 1.29 is 4.92 Å². The van der Waals surface area contributed by atoms with Crippen LogP contribution in [-0.4, -0.2) is 21.4 Å². The minimum Gasteiger partial charge on any atom is -0.311 e. The Labute approximate surface area is 116 Å². The normalized spacial score (nSPS) is 13.8. The van der Waals surface area contributed by atoms with Crippen LogP contribution >= 0.6 is 0 Å². The van der Waals surface area contributed by atoms with Crippen LogP contribution in [0.4, 0.5) is 5.69 Å². The van der Waals surface area contributed by atoms with E-state index < -0.39 is 4.92 Å². The number of nitro groups is 1. The number of fused-ring (bicyclic) bond motifs is 1. The predicted octanol–water partition coefficient (Wildman–Crippen LogP) is 2.01. The molecule has 1 aromatic heterocycles. The van der Waals surface area contributed by atoms with Crippen molar-refractivity contribution in [2.24, 2.45) is 0 Å². The first kappa shape index (κ1) is 12.7. The highest BCUT2D eigenvalue weighted by Gasteiger charge is 2.16. The molecule has 6 heteroatoms. The quantitative estimate of drug-likeness (QED) is 0.667. The highest BCUT2D eigenvalue weighted by Crippen LogP contribution is 2.23. The molecule has 3 rings (SSSR count). The first-order valence-electron chi connectivity index (χ1n) is 6.47. The molecular formula is C14H14N4O2. The molecule has 0 fully saturated rings. The molecule has 1 N–H and O–H groups in total. The summed E-state index contributed by atoms with van der Waals surface area (Å²) in [5.41, 5.74) is 4.11. The van der Waals surface area contributed by atoms with Gasteiger partial charge in [0, 0.05) is 29.9 Å². The molecule has 0 unspecified atom stereocenters. The van der Waals surface area contributed by atoms with Crippen LogP contribution in [0.3, 0.4) is 0 Å². The average Bonchev–Trinajstić information content (AvgIpc) is 2.47. The maximum atomic E-state index is 10.7. The number of hydrogen-bond donors (Lipinski definition) is 1. The average molecular weight is 270 g/mol. The van der Waals surface area contributed by atoms with Crippen LogP contribution in [0.15, 0.2) is 24.3 Å². The van der Waals surface area contributed by atoms with Crippen molar-refractivity contribution in [3.05, 3.63) is 51.3 Å². The van der Waals surface area contributed by atoms with E-state index in [1.165, 1.54) is 17.7 Å². The zero-order chi connectivity index (χ0) is 14.1. The lowest BCUT2D eigenvalue weighted by Crippen LogP contribution is -2.26. The van der Waals surface area contributed by atoms with Crippen LogP contribution in [0.1, 0.15) is 17.0 Å². The van der Waals surface area contributed by atoms with Gasteiger partial charge in [-0.25, -0.2) is 9.97 Å². The number of nitro benzene ring substituents is 1. The predicted molar refractivity (Wildman–Crippen MR) is 74.3 cm³/mol. The van der Waals surface area contributed by atoms with E-state index in [0.717, 1.165) is 36.5 Å². The van der Waals surface area contributed by atoms with E-state index in [-0.39, 0.29) is 5.69 Å². The summed E-state index contributed by atoms with van der Waals surface area (Å²) in [5.74, 6) is 0.625. The molecule has 0 spiro atoms. The van der Waals surface area contributed by atoms with E-state index in [1.807, 2.05) is 6.92 Å². The van der Waals surface area contributed by atoms with Gasteiger partial charge in [-0.2, -0.15) is 0 Å². The van der Waals surface area contributed by atoms with Crippen molar-refractivity contribution >= 4 is 5.69 Å². The van der Waals surface area contributed by atoms with Gasteiger partial charge in [0.2, 0.25) is 0 Å². The maximum Gasteiger partial charge on any atom is 0.269 e. The molecule has 1 aliphatic rings. The van der Waals surface area contributed by atoms with Crippen molar-refractivity contribution in [2.75, 3.05) is 6.54 Å². The topological polar surface area (TPSA) is 81.0 Å². The first-order chi connectivity index (χ1) is 9.65. The highest BCUT2D eigenvalue weighted by molar-refractivity contribution is 5.58. The number of rotatable bonds is 2. The zero-order valence-corrected chi connectivity index (χ0v) is 11.1. The molecule has 102 valence electrons. The summed E-state index contributed by atoms with van der Waals surface area (Å²) in [6.07, 6.45) is 0.946. The number of hydrogen-bond acceptors (Lipinski definition) is 5. The second kappa shape index (κ2) is 4.97. The molecule has 6 nitrogen and oxygen atoms in total. The van der Waals surface area contributed by atoms with Gasteiger partial charge in [0.05, 0.1) is 10.6 Å². The van der Waals surface area contributed by atoms with Crippen molar-refractivity contribution in [3.63, 3.8) is 0 Å². The minimum absolute atomic E-state index is 0.0742. The Hall–Kier alpha value is -2.34. The van der Waals surface area contributed by atoms with E-state index >= 15 is 0 Å². The number of aryl methyl sites for hydroxylation is 1.